The van der Waals surface area contributed by atoms with E-state index in [0.29, 0.717) is 5.92 Å². The Kier molecular flexibility index (Phi) is 4.17. The highest BCUT2D eigenvalue weighted by Crippen LogP contribution is 2.43. The fourth-order valence-corrected chi connectivity index (χ4v) is 5.35. The van der Waals surface area contributed by atoms with Crippen LogP contribution in [0.5, 0.6) is 0 Å². The van der Waals surface area contributed by atoms with Crippen molar-refractivity contribution >= 4 is 23.1 Å². The lowest BCUT2D eigenvalue weighted by atomic mass is 9.78. The molecule has 5 heteroatoms. The Bertz CT molecular complexity index is 423. The average Bonchev–Trinajstić information content (AvgIpc) is 2.85. The first-order valence-corrected chi connectivity index (χ1v) is 9.05. The molecule has 2 N–H and O–H groups in total. The van der Waals surface area contributed by atoms with E-state index in [4.69, 9.17) is 10.5 Å². The Hall–Kier alpha value is -0.100. The van der Waals surface area contributed by atoms with Crippen molar-refractivity contribution < 1.29 is 4.74 Å². The van der Waals surface area contributed by atoms with Crippen molar-refractivity contribution in [2.24, 2.45) is 11.7 Å². The minimum absolute atomic E-state index is 0.130. The Morgan fingerprint density at radius 3 is 2.95 bits per heavy atom. The van der Waals surface area contributed by atoms with Gasteiger partial charge in [0.05, 0.1) is 10.6 Å². The molecule has 1 aromatic heterocycles. The van der Waals surface area contributed by atoms with E-state index in [1.165, 1.54) is 29.2 Å². The molecule has 106 valence electrons. The van der Waals surface area contributed by atoms with Crippen molar-refractivity contribution in [2.45, 2.75) is 44.2 Å². The van der Waals surface area contributed by atoms with Gasteiger partial charge in [-0.25, -0.2) is 4.98 Å². The van der Waals surface area contributed by atoms with Gasteiger partial charge in [-0.15, -0.1) is 11.3 Å². The molecule has 0 bridgehead atoms. The zero-order chi connectivity index (χ0) is 13.3. The number of aryl methyl sites for hydroxylation is 1. The topological polar surface area (TPSA) is 48.1 Å². The molecular weight excluding hydrogens is 276 g/mol. The highest BCUT2D eigenvalue weighted by atomic mass is 32.2. The van der Waals surface area contributed by atoms with Crippen molar-refractivity contribution in [1.82, 2.24) is 4.98 Å². The molecule has 0 amide bonds. The summed E-state index contributed by atoms with van der Waals surface area (Å²) in [5.74, 6) is 3.03. The third-order valence-electron chi connectivity index (χ3n) is 4.41. The van der Waals surface area contributed by atoms with Crippen LogP contribution < -0.4 is 5.73 Å². The van der Waals surface area contributed by atoms with Crippen LogP contribution in [0.15, 0.2) is 6.20 Å². The number of hydrogen-bond donors (Lipinski definition) is 1. The van der Waals surface area contributed by atoms with Gasteiger partial charge in [0.1, 0.15) is 0 Å². The minimum atomic E-state index is 0.130. The zero-order valence-electron chi connectivity index (χ0n) is 11.4. The highest BCUT2D eigenvalue weighted by molar-refractivity contribution is 7.99. The number of thiazole rings is 1. The summed E-state index contributed by atoms with van der Waals surface area (Å²) in [6, 6.07) is 0.140. The van der Waals surface area contributed by atoms with Crippen LogP contribution in [0.1, 0.15) is 41.6 Å². The number of thioether (sulfide) groups is 1. The molecule has 2 unspecified atom stereocenters. The monoisotopic (exact) mass is 298 g/mol. The van der Waals surface area contributed by atoms with Crippen LogP contribution in [-0.4, -0.2) is 28.7 Å². The molecule has 2 fully saturated rings. The number of nitrogens with zero attached hydrogens (tertiary/aromatic N) is 1. The summed E-state index contributed by atoms with van der Waals surface area (Å²) in [5, 5.41) is 1.11. The predicted molar refractivity (Wildman–Crippen MR) is 81.7 cm³/mol. The van der Waals surface area contributed by atoms with E-state index in [0.717, 1.165) is 24.5 Å². The van der Waals surface area contributed by atoms with Crippen LogP contribution in [0, 0.1) is 12.8 Å². The Morgan fingerprint density at radius 2 is 2.26 bits per heavy atom. The third kappa shape index (κ3) is 2.99. The van der Waals surface area contributed by atoms with E-state index in [1.54, 1.807) is 11.3 Å². The van der Waals surface area contributed by atoms with Gasteiger partial charge in [0.15, 0.2) is 0 Å². The standard InChI is InChI=1S/C14H22N2OS2/c1-10-16-9-12(19-10)13(15)11-2-5-17-14(8-11)3-6-18-7-4-14/h9,11,13H,2-8,15H2,1H3. The molecule has 2 saturated heterocycles. The maximum Gasteiger partial charge on any atom is 0.0897 e. The normalized spacial score (nSPS) is 28.4. The Balaban J connectivity index is 1.70. The van der Waals surface area contributed by atoms with Crippen LogP contribution >= 0.6 is 23.1 Å². The van der Waals surface area contributed by atoms with Gasteiger partial charge in [-0.3, -0.25) is 0 Å². The van der Waals surface area contributed by atoms with Gasteiger partial charge in [-0.2, -0.15) is 11.8 Å². The first-order valence-electron chi connectivity index (χ1n) is 7.08. The number of rotatable bonds is 2. The molecule has 0 radical (unpaired) electrons. The van der Waals surface area contributed by atoms with Gasteiger partial charge in [0.2, 0.25) is 0 Å². The zero-order valence-corrected chi connectivity index (χ0v) is 13.1. The molecule has 19 heavy (non-hydrogen) atoms. The molecule has 3 rings (SSSR count). The number of hydrogen-bond acceptors (Lipinski definition) is 5. The van der Waals surface area contributed by atoms with Gasteiger partial charge in [0, 0.05) is 23.7 Å². The van der Waals surface area contributed by atoms with Crippen molar-refractivity contribution in [3.05, 3.63) is 16.1 Å². The SMILES string of the molecule is Cc1ncc(C(N)C2CCOC3(CCSCC3)C2)s1. The molecule has 0 aromatic carbocycles. The molecular formula is C14H22N2OS2. The predicted octanol–water partition coefficient (Wildman–Crippen LogP) is 3.14. The fraction of sp³-hybridized carbons (Fsp3) is 0.786. The quantitative estimate of drug-likeness (QED) is 0.911. The van der Waals surface area contributed by atoms with Crippen molar-refractivity contribution in [3.8, 4) is 0 Å². The summed E-state index contributed by atoms with van der Waals surface area (Å²) >= 11 is 3.80. The van der Waals surface area contributed by atoms with Gasteiger partial charge in [0.25, 0.3) is 0 Å². The second-order valence-electron chi connectivity index (χ2n) is 5.70. The number of aromatic nitrogens is 1. The third-order valence-corrected chi connectivity index (χ3v) is 6.41. The van der Waals surface area contributed by atoms with Gasteiger partial charge < -0.3 is 10.5 Å². The summed E-state index contributed by atoms with van der Waals surface area (Å²) in [5.41, 5.74) is 6.61. The van der Waals surface area contributed by atoms with Crippen molar-refractivity contribution in [2.75, 3.05) is 18.1 Å². The average molecular weight is 298 g/mol. The van der Waals surface area contributed by atoms with E-state index in [9.17, 15) is 0 Å². The summed E-state index contributed by atoms with van der Waals surface area (Å²) < 4.78 is 6.15. The number of ether oxygens (including phenoxy) is 1. The van der Waals surface area contributed by atoms with Crippen LogP contribution in [0.3, 0.4) is 0 Å². The van der Waals surface area contributed by atoms with Gasteiger partial charge in [-0.05, 0) is 50.0 Å². The molecule has 0 aliphatic carbocycles. The molecule has 3 heterocycles. The van der Waals surface area contributed by atoms with Crippen LogP contribution in [0.25, 0.3) is 0 Å². The van der Waals surface area contributed by atoms with Gasteiger partial charge >= 0.3 is 0 Å². The summed E-state index contributed by atoms with van der Waals surface area (Å²) in [6.45, 7) is 2.92. The Labute approximate surface area is 123 Å². The van der Waals surface area contributed by atoms with E-state index in [-0.39, 0.29) is 11.6 Å². The van der Waals surface area contributed by atoms with E-state index in [1.807, 2.05) is 13.1 Å². The molecule has 3 nitrogen and oxygen atoms in total. The second kappa shape index (κ2) is 5.72. The fourth-order valence-electron chi connectivity index (χ4n) is 3.23. The smallest absolute Gasteiger partial charge is 0.0897 e. The van der Waals surface area contributed by atoms with Crippen molar-refractivity contribution in [1.29, 1.82) is 0 Å². The lowest BCUT2D eigenvalue weighted by Crippen LogP contribution is -2.45. The second-order valence-corrected chi connectivity index (χ2v) is 8.20. The van der Waals surface area contributed by atoms with Gasteiger partial charge in [-0.1, -0.05) is 0 Å². The molecule has 2 aliphatic heterocycles. The van der Waals surface area contributed by atoms with Crippen molar-refractivity contribution in [3.63, 3.8) is 0 Å². The molecule has 2 aliphatic rings. The highest BCUT2D eigenvalue weighted by Gasteiger charge is 2.40. The van der Waals surface area contributed by atoms with Crippen LogP contribution in [-0.2, 0) is 4.74 Å². The molecule has 0 saturated carbocycles. The Morgan fingerprint density at radius 1 is 1.47 bits per heavy atom. The van der Waals surface area contributed by atoms with E-state index < -0.39 is 0 Å². The summed E-state index contributed by atoms with van der Waals surface area (Å²) in [4.78, 5) is 5.58. The lowest BCUT2D eigenvalue weighted by Gasteiger charge is -2.44. The molecule has 1 aromatic rings. The first kappa shape index (κ1) is 13.9. The number of nitrogens with two attached hydrogens (primary N) is 1. The van der Waals surface area contributed by atoms with E-state index >= 15 is 0 Å². The lowest BCUT2D eigenvalue weighted by molar-refractivity contribution is -0.105. The van der Waals surface area contributed by atoms with Crippen LogP contribution in [0.2, 0.25) is 0 Å². The maximum absolute atomic E-state index is 6.48. The molecule has 1 spiro atoms. The summed E-state index contributed by atoms with van der Waals surface area (Å²) in [7, 11) is 0. The van der Waals surface area contributed by atoms with E-state index in [2.05, 4.69) is 16.7 Å². The maximum atomic E-state index is 6.48. The summed E-state index contributed by atoms with van der Waals surface area (Å²) in [6.07, 6.45) is 6.58. The van der Waals surface area contributed by atoms with Crippen LogP contribution in [0.4, 0.5) is 0 Å². The minimum Gasteiger partial charge on any atom is -0.375 e. The largest absolute Gasteiger partial charge is 0.375 e. The molecule has 2 atom stereocenters. The first-order chi connectivity index (χ1) is 9.19.